The minimum absolute atomic E-state index is 0.326. The topological polar surface area (TPSA) is 38.3 Å². The first-order valence-corrected chi connectivity index (χ1v) is 7.48. The van der Waals surface area contributed by atoms with E-state index in [4.69, 9.17) is 4.74 Å². The van der Waals surface area contributed by atoms with Crippen LogP contribution in [0.5, 0.6) is 0 Å². The van der Waals surface area contributed by atoms with Crippen molar-refractivity contribution in [3.8, 4) is 0 Å². The summed E-state index contributed by atoms with van der Waals surface area (Å²) in [5.74, 6) is 0.732. The van der Waals surface area contributed by atoms with E-state index in [1.54, 1.807) is 6.26 Å². The molecule has 3 nitrogen and oxygen atoms in total. The highest BCUT2D eigenvalue weighted by atomic mass is 32.2. The average molecular weight is 233 g/mol. The molecule has 90 valence electrons. The zero-order valence-corrected chi connectivity index (χ0v) is 10.8. The van der Waals surface area contributed by atoms with E-state index >= 15 is 0 Å². The van der Waals surface area contributed by atoms with Gasteiger partial charge in [0, 0.05) is 41.5 Å². The van der Waals surface area contributed by atoms with Crippen LogP contribution in [-0.4, -0.2) is 41.0 Å². The fraction of sp³-hybridized carbons (Fsp3) is 1.00. The number of rotatable bonds is 6. The number of ether oxygens (including phenoxy) is 1. The van der Waals surface area contributed by atoms with Gasteiger partial charge in [0.2, 0.25) is 0 Å². The van der Waals surface area contributed by atoms with E-state index in [9.17, 15) is 4.21 Å². The summed E-state index contributed by atoms with van der Waals surface area (Å²) in [5, 5.41) is 3.47. The second kappa shape index (κ2) is 6.61. The van der Waals surface area contributed by atoms with Crippen LogP contribution in [0.1, 0.15) is 33.1 Å². The van der Waals surface area contributed by atoms with Crippen molar-refractivity contribution in [1.82, 2.24) is 5.32 Å². The fourth-order valence-corrected chi connectivity index (χ4v) is 2.98. The van der Waals surface area contributed by atoms with Crippen molar-refractivity contribution in [3.05, 3.63) is 0 Å². The molecule has 1 saturated heterocycles. The maximum Gasteiger partial charge on any atom is 0.0590 e. The summed E-state index contributed by atoms with van der Waals surface area (Å²) in [4.78, 5) is 0. The molecule has 0 saturated carbocycles. The van der Waals surface area contributed by atoms with E-state index < -0.39 is 10.8 Å². The van der Waals surface area contributed by atoms with E-state index in [0.717, 1.165) is 18.8 Å². The van der Waals surface area contributed by atoms with Crippen LogP contribution < -0.4 is 5.32 Å². The molecule has 4 unspecified atom stereocenters. The Hall–Kier alpha value is 0.0700. The van der Waals surface area contributed by atoms with Gasteiger partial charge in [-0.15, -0.1) is 0 Å². The molecule has 4 atom stereocenters. The average Bonchev–Trinajstić information content (AvgIpc) is 2.53. The molecule has 0 bridgehead atoms. The summed E-state index contributed by atoms with van der Waals surface area (Å²) in [6, 6.07) is 0.777. The molecular formula is C11H23NO2S. The van der Waals surface area contributed by atoms with E-state index in [2.05, 4.69) is 19.2 Å². The molecule has 0 aromatic heterocycles. The van der Waals surface area contributed by atoms with Gasteiger partial charge in [-0.25, -0.2) is 0 Å². The first-order valence-electron chi connectivity index (χ1n) is 5.75. The van der Waals surface area contributed by atoms with Crippen molar-refractivity contribution < 1.29 is 8.95 Å². The predicted molar refractivity (Wildman–Crippen MR) is 64.6 cm³/mol. The summed E-state index contributed by atoms with van der Waals surface area (Å²) in [6.45, 7) is 5.19. The molecular weight excluding hydrogens is 210 g/mol. The maximum absolute atomic E-state index is 11.0. The zero-order chi connectivity index (χ0) is 11.3. The van der Waals surface area contributed by atoms with E-state index in [0.29, 0.717) is 18.2 Å². The molecule has 0 aromatic carbocycles. The lowest BCUT2D eigenvalue weighted by Crippen LogP contribution is -2.39. The zero-order valence-electron chi connectivity index (χ0n) is 9.99. The van der Waals surface area contributed by atoms with E-state index in [-0.39, 0.29) is 0 Å². The van der Waals surface area contributed by atoms with Crippen molar-refractivity contribution in [2.75, 3.05) is 18.6 Å². The van der Waals surface area contributed by atoms with Gasteiger partial charge < -0.3 is 10.1 Å². The highest BCUT2D eigenvalue weighted by molar-refractivity contribution is 7.84. The molecule has 15 heavy (non-hydrogen) atoms. The second-order valence-electron chi connectivity index (χ2n) is 4.58. The summed E-state index contributed by atoms with van der Waals surface area (Å²) in [6.07, 6.45) is 5.65. The molecule has 1 rings (SSSR count). The molecule has 0 amide bonds. The Bertz CT molecular complexity index is 205. The lowest BCUT2D eigenvalue weighted by atomic mass is 10.1. The second-order valence-corrected chi connectivity index (χ2v) is 6.06. The Labute approximate surface area is 95.4 Å². The normalized spacial score (nSPS) is 27.5. The largest absolute Gasteiger partial charge is 0.378 e. The third-order valence-electron chi connectivity index (χ3n) is 2.69. The van der Waals surface area contributed by atoms with Gasteiger partial charge in [0.05, 0.1) is 6.10 Å². The minimum Gasteiger partial charge on any atom is -0.378 e. The summed E-state index contributed by atoms with van der Waals surface area (Å²) >= 11 is 0. The van der Waals surface area contributed by atoms with Crippen molar-refractivity contribution in [2.45, 2.75) is 51.3 Å². The third-order valence-corrected chi connectivity index (χ3v) is 3.66. The number of hydrogen-bond acceptors (Lipinski definition) is 3. The van der Waals surface area contributed by atoms with Crippen LogP contribution in [-0.2, 0) is 15.5 Å². The quantitative estimate of drug-likeness (QED) is 0.751. The summed E-state index contributed by atoms with van der Waals surface area (Å²) < 4.78 is 16.6. The van der Waals surface area contributed by atoms with Crippen LogP contribution in [0.3, 0.4) is 0 Å². The van der Waals surface area contributed by atoms with Gasteiger partial charge in [0.15, 0.2) is 0 Å². The van der Waals surface area contributed by atoms with Crippen molar-refractivity contribution in [2.24, 2.45) is 0 Å². The van der Waals surface area contributed by atoms with Crippen LogP contribution in [0, 0.1) is 0 Å². The summed E-state index contributed by atoms with van der Waals surface area (Å²) in [5.41, 5.74) is 0. The van der Waals surface area contributed by atoms with Crippen LogP contribution in [0.2, 0.25) is 0 Å². The Balaban J connectivity index is 2.16. The van der Waals surface area contributed by atoms with Crippen LogP contribution in [0.15, 0.2) is 0 Å². The predicted octanol–water partition coefficient (Wildman–Crippen LogP) is 1.30. The van der Waals surface area contributed by atoms with Gasteiger partial charge >= 0.3 is 0 Å². The monoisotopic (exact) mass is 233 g/mol. The van der Waals surface area contributed by atoms with E-state index in [1.165, 1.54) is 12.8 Å². The highest BCUT2D eigenvalue weighted by Crippen LogP contribution is 2.16. The Morgan fingerprint density at radius 2 is 2.20 bits per heavy atom. The molecule has 1 fully saturated rings. The minimum atomic E-state index is -0.710. The molecule has 0 radical (unpaired) electrons. The molecule has 1 aliphatic rings. The molecule has 0 spiro atoms. The van der Waals surface area contributed by atoms with Crippen molar-refractivity contribution >= 4 is 10.8 Å². The van der Waals surface area contributed by atoms with Gasteiger partial charge in [-0.2, -0.15) is 0 Å². The first-order chi connectivity index (χ1) is 7.08. The standard InChI is InChI=1S/C11H23NO2S/c1-9(7-11-5-4-6-14-11)12-10(2)8-15(3)13/h9-12H,4-8H2,1-3H3. The smallest absolute Gasteiger partial charge is 0.0590 e. The lowest BCUT2D eigenvalue weighted by Gasteiger charge is -2.21. The van der Waals surface area contributed by atoms with Crippen molar-refractivity contribution in [3.63, 3.8) is 0 Å². The Morgan fingerprint density at radius 3 is 2.73 bits per heavy atom. The maximum atomic E-state index is 11.0. The first kappa shape index (κ1) is 13.1. The number of nitrogens with one attached hydrogen (secondary N) is 1. The Kier molecular flexibility index (Phi) is 5.79. The molecule has 0 aromatic rings. The van der Waals surface area contributed by atoms with Gasteiger partial charge in [-0.3, -0.25) is 4.21 Å². The Morgan fingerprint density at radius 1 is 1.47 bits per heavy atom. The van der Waals surface area contributed by atoms with Crippen LogP contribution in [0.4, 0.5) is 0 Å². The van der Waals surface area contributed by atoms with Crippen LogP contribution in [0.25, 0.3) is 0 Å². The van der Waals surface area contributed by atoms with Crippen LogP contribution >= 0.6 is 0 Å². The van der Waals surface area contributed by atoms with Gasteiger partial charge in [0.25, 0.3) is 0 Å². The lowest BCUT2D eigenvalue weighted by molar-refractivity contribution is 0.0955. The van der Waals surface area contributed by atoms with Gasteiger partial charge in [-0.05, 0) is 33.1 Å². The molecule has 4 heteroatoms. The third kappa shape index (κ3) is 5.64. The molecule has 0 aliphatic carbocycles. The molecule has 1 N–H and O–H groups in total. The highest BCUT2D eigenvalue weighted by Gasteiger charge is 2.19. The number of hydrogen-bond donors (Lipinski definition) is 1. The fourth-order valence-electron chi connectivity index (χ4n) is 2.18. The van der Waals surface area contributed by atoms with Gasteiger partial charge in [0.1, 0.15) is 0 Å². The molecule has 1 aliphatic heterocycles. The van der Waals surface area contributed by atoms with Crippen molar-refractivity contribution in [1.29, 1.82) is 0 Å². The van der Waals surface area contributed by atoms with E-state index in [1.807, 2.05) is 0 Å². The SMILES string of the molecule is CC(CC1CCCO1)NC(C)CS(C)=O. The molecule has 1 heterocycles. The summed E-state index contributed by atoms with van der Waals surface area (Å²) in [7, 11) is -0.710. The van der Waals surface area contributed by atoms with Gasteiger partial charge in [-0.1, -0.05) is 0 Å².